The van der Waals surface area contributed by atoms with E-state index >= 15 is 0 Å². The van der Waals surface area contributed by atoms with Gasteiger partial charge in [0.1, 0.15) is 5.75 Å². The number of ether oxygens (including phenoxy) is 1. The maximum Gasteiger partial charge on any atom is 0.123 e. The third-order valence-corrected chi connectivity index (χ3v) is 2.96. The van der Waals surface area contributed by atoms with Crippen LogP contribution in [-0.2, 0) is 6.54 Å². The van der Waals surface area contributed by atoms with Crippen molar-refractivity contribution in [3.8, 4) is 5.75 Å². The zero-order chi connectivity index (χ0) is 13.7. The van der Waals surface area contributed by atoms with E-state index in [0.717, 1.165) is 11.3 Å². The molecule has 1 aromatic carbocycles. The van der Waals surface area contributed by atoms with Crippen molar-refractivity contribution < 1.29 is 14.9 Å². The molecule has 1 unspecified atom stereocenters. The second-order valence-corrected chi connectivity index (χ2v) is 4.80. The predicted molar refractivity (Wildman–Crippen MR) is 71.9 cm³/mol. The Morgan fingerprint density at radius 3 is 2.56 bits per heavy atom. The second-order valence-electron chi connectivity index (χ2n) is 4.80. The normalized spacial score (nSPS) is 12.8. The van der Waals surface area contributed by atoms with Gasteiger partial charge in [0.15, 0.2) is 0 Å². The Kier molecular flexibility index (Phi) is 5.59. The summed E-state index contributed by atoms with van der Waals surface area (Å²) in [7, 11) is 3.58. The fourth-order valence-electron chi connectivity index (χ4n) is 2.10. The average molecular weight is 253 g/mol. The smallest absolute Gasteiger partial charge is 0.123 e. The summed E-state index contributed by atoms with van der Waals surface area (Å²) < 4.78 is 5.40. The van der Waals surface area contributed by atoms with E-state index in [1.165, 1.54) is 11.1 Å². The van der Waals surface area contributed by atoms with Crippen LogP contribution in [0.1, 0.15) is 16.7 Å². The van der Waals surface area contributed by atoms with Crippen molar-refractivity contribution in [3.05, 3.63) is 28.8 Å². The van der Waals surface area contributed by atoms with Crippen LogP contribution in [0.3, 0.4) is 0 Å². The van der Waals surface area contributed by atoms with E-state index in [2.05, 4.69) is 13.0 Å². The van der Waals surface area contributed by atoms with Crippen molar-refractivity contribution in [2.24, 2.45) is 0 Å². The fraction of sp³-hybridized carbons (Fsp3) is 0.571. The second kappa shape index (κ2) is 6.73. The van der Waals surface area contributed by atoms with E-state index < -0.39 is 6.10 Å². The Morgan fingerprint density at radius 1 is 1.33 bits per heavy atom. The first-order valence-electron chi connectivity index (χ1n) is 6.09. The molecule has 1 aromatic rings. The molecule has 1 rings (SSSR count). The Hall–Kier alpha value is -1.10. The molecule has 0 radical (unpaired) electrons. The number of aliphatic hydroxyl groups excluding tert-OH is 2. The van der Waals surface area contributed by atoms with Crippen LogP contribution in [0.5, 0.6) is 5.75 Å². The fourth-order valence-corrected chi connectivity index (χ4v) is 2.10. The highest BCUT2D eigenvalue weighted by Gasteiger charge is 2.12. The molecular formula is C14H23NO3. The summed E-state index contributed by atoms with van der Waals surface area (Å²) in [6.07, 6.45) is -0.702. The molecule has 4 heteroatoms. The molecule has 0 saturated carbocycles. The number of nitrogens with zero attached hydrogens (tertiary/aromatic N) is 1. The summed E-state index contributed by atoms with van der Waals surface area (Å²) in [6.45, 7) is 5.01. The number of benzene rings is 1. The molecule has 102 valence electrons. The molecule has 0 bridgehead atoms. The largest absolute Gasteiger partial charge is 0.496 e. The zero-order valence-corrected chi connectivity index (χ0v) is 11.6. The van der Waals surface area contributed by atoms with Gasteiger partial charge >= 0.3 is 0 Å². The maximum atomic E-state index is 9.42. The van der Waals surface area contributed by atoms with Gasteiger partial charge in [-0.05, 0) is 38.1 Å². The van der Waals surface area contributed by atoms with Crippen LogP contribution >= 0.6 is 0 Å². The molecule has 18 heavy (non-hydrogen) atoms. The van der Waals surface area contributed by atoms with Crippen LogP contribution in [0, 0.1) is 13.8 Å². The van der Waals surface area contributed by atoms with Crippen molar-refractivity contribution in [1.82, 2.24) is 4.90 Å². The number of likely N-dealkylation sites (N-methyl/N-ethyl adjacent to an activating group) is 1. The first kappa shape index (κ1) is 15.0. The molecular weight excluding hydrogens is 230 g/mol. The Bertz CT molecular complexity index is 393. The standard InChI is InChI=1S/C14H23NO3/c1-10-5-11(2)13(14(6-10)18-4)8-15(3)7-12(17)9-16/h5-6,12,16-17H,7-9H2,1-4H3. The molecule has 1 atom stereocenters. The first-order valence-corrected chi connectivity index (χ1v) is 6.09. The molecule has 0 amide bonds. The van der Waals surface area contributed by atoms with E-state index in [0.29, 0.717) is 13.1 Å². The van der Waals surface area contributed by atoms with E-state index in [1.54, 1.807) is 7.11 Å². The number of methoxy groups -OCH3 is 1. The van der Waals surface area contributed by atoms with Crippen molar-refractivity contribution in [2.75, 3.05) is 27.3 Å². The molecule has 0 aromatic heterocycles. The highest BCUT2D eigenvalue weighted by Crippen LogP contribution is 2.25. The molecule has 2 N–H and O–H groups in total. The summed E-state index contributed by atoms with van der Waals surface area (Å²) >= 11 is 0. The van der Waals surface area contributed by atoms with Gasteiger partial charge in [0.05, 0.1) is 19.8 Å². The summed E-state index contributed by atoms with van der Waals surface area (Å²) in [6, 6.07) is 4.13. The van der Waals surface area contributed by atoms with Crippen LogP contribution in [-0.4, -0.2) is 48.5 Å². The predicted octanol–water partition coefficient (Wildman–Crippen LogP) is 1.10. The van der Waals surface area contributed by atoms with Crippen LogP contribution in [0.2, 0.25) is 0 Å². The zero-order valence-electron chi connectivity index (χ0n) is 11.6. The van der Waals surface area contributed by atoms with Gasteiger partial charge < -0.3 is 14.9 Å². The van der Waals surface area contributed by atoms with E-state index in [1.807, 2.05) is 24.9 Å². The van der Waals surface area contributed by atoms with Crippen LogP contribution < -0.4 is 4.74 Å². The molecule has 0 aliphatic carbocycles. The molecule has 0 saturated heterocycles. The molecule has 0 fully saturated rings. The van der Waals surface area contributed by atoms with Gasteiger partial charge in [-0.1, -0.05) is 6.07 Å². The number of aliphatic hydroxyl groups is 2. The van der Waals surface area contributed by atoms with E-state index in [-0.39, 0.29) is 6.61 Å². The van der Waals surface area contributed by atoms with Crippen LogP contribution in [0.4, 0.5) is 0 Å². The topological polar surface area (TPSA) is 52.9 Å². The molecule has 0 aliphatic heterocycles. The molecule has 4 nitrogen and oxygen atoms in total. The highest BCUT2D eigenvalue weighted by atomic mass is 16.5. The summed E-state index contributed by atoms with van der Waals surface area (Å²) in [5.41, 5.74) is 3.47. The van der Waals surface area contributed by atoms with Crippen molar-refractivity contribution >= 4 is 0 Å². The SMILES string of the molecule is COc1cc(C)cc(C)c1CN(C)CC(O)CO. The van der Waals surface area contributed by atoms with Crippen molar-refractivity contribution in [3.63, 3.8) is 0 Å². The maximum absolute atomic E-state index is 9.42. The minimum Gasteiger partial charge on any atom is -0.496 e. The summed E-state index contributed by atoms with van der Waals surface area (Å²) in [4.78, 5) is 1.97. The average Bonchev–Trinajstić information content (AvgIpc) is 2.31. The van der Waals surface area contributed by atoms with E-state index in [9.17, 15) is 5.11 Å². The summed E-state index contributed by atoms with van der Waals surface area (Å²) in [5.74, 6) is 0.873. The third-order valence-electron chi connectivity index (χ3n) is 2.96. The Labute approximate surface area is 109 Å². The van der Waals surface area contributed by atoms with Crippen LogP contribution in [0.15, 0.2) is 12.1 Å². The number of aryl methyl sites for hydroxylation is 2. The lowest BCUT2D eigenvalue weighted by atomic mass is 10.0. The van der Waals surface area contributed by atoms with Crippen molar-refractivity contribution in [1.29, 1.82) is 0 Å². The minimum absolute atomic E-state index is 0.214. The van der Waals surface area contributed by atoms with Gasteiger partial charge in [0.2, 0.25) is 0 Å². The minimum atomic E-state index is -0.702. The van der Waals surface area contributed by atoms with Gasteiger partial charge in [-0.15, -0.1) is 0 Å². The number of hydrogen-bond donors (Lipinski definition) is 2. The lowest BCUT2D eigenvalue weighted by molar-refractivity contribution is 0.0645. The third kappa shape index (κ3) is 3.98. The monoisotopic (exact) mass is 253 g/mol. The quantitative estimate of drug-likeness (QED) is 0.797. The van der Waals surface area contributed by atoms with Crippen LogP contribution in [0.25, 0.3) is 0 Å². The molecule has 0 aliphatic rings. The van der Waals surface area contributed by atoms with Gasteiger partial charge in [-0.25, -0.2) is 0 Å². The highest BCUT2D eigenvalue weighted by molar-refractivity contribution is 5.42. The molecule has 0 spiro atoms. The van der Waals surface area contributed by atoms with Gasteiger partial charge in [-0.3, -0.25) is 4.90 Å². The number of hydrogen-bond acceptors (Lipinski definition) is 4. The van der Waals surface area contributed by atoms with Gasteiger partial charge in [0.25, 0.3) is 0 Å². The molecule has 0 heterocycles. The lowest BCUT2D eigenvalue weighted by Gasteiger charge is -2.22. The Balaban J connectivity index is 2.83. The first-order chi connectivity index (χ1) is 8.47. The summed E-state index contributed by atoms with van der Waals surface area (Å²) in [5, 5.41) is 18.3. The van der Waals surface area contributed by atoms with Gasteiger partial charge in [0, 0.05) is 18.7 Å². The van der Waals surface area contributed by atoms with Gasteiger partial charge in [-0.2, -0.15) is 0 Å². The van der Waals surface area contributed by atoms with Crippen molar-refractivity contribution in [2.45, 2.75) is 26.5 Å². The lowest BCUT2D eigenvalue weighted by Crippen LogP contribution is -2.31. The van der Waals surface area contributed by atoms with E-state index in [4.69, 9.17) is 9.84 Å². The Morgan fingerprint density at radius 2 is 2.00 bits per heavy atom. The number of rotatable bonds is 6.